The molecule has 0 atom stereocenters. The molecule has 0 bridgehead atoms. The van der Waals surface area contributed by atoms with Gasteiger partial charge in [-0.25, -0.2) is 8.42 Å². The van der Waals surface area contributed by atoms with Crippen LogP contribution in [0.15, 0.2) is 71.6 Å². The maximum Gasteiger partial charge on any atom is 0.264 e. The lowest BCUT2D eigenvalue weighted by molar-refractivity contribution is -0.119. The van der Waals surface area contributed by atoms with Gasteiger partial charge in [-0.2, -0.15) is 0 Å². The molecule has 3 aromatic rings. The van der Waals surface area contributed by atoms with Crippen LogP contribution in [0.1, 0.15) is 16.7 Å². The Morgan fingerprint density at radius 1 is 0.879 bits per heavy atom. The number of hydrogen-bond donors (Lipinski definition) is 1. The van der Waals surface area contributed by atoms with Crippen LogP contribution >= 0.6 is 0 Å². The van der Waals surface area contributed by atoms with Crippen LogP contribution in [0, 0.1) is 13.8 Å². The molecule has 0 unspecified atom stereocenters. The molecule has 3 rings (SSSR count). The minimum absolute atomic E-state index is 0.0761. The van der Waals surface area contributed by atoms with Crippen LogP contribution in [-0.4, -0.2) is 35.1 Å². The van der Waals surface area contributed by atoms with Crippen molar-refractivity contribution < 1.29 is 22.7 Å². The summed E-state index contributed by atoms with van der Waals surface area (Å²) >= 11 is 0. The third kappa shape index (κ3) is 5.64. The second kappa shape index (κ2) is 10.4. The van der Waals surface area contributed by atoms with Crippen LogP contribution < -0.4 is 19.1 Å². The van der Waals surface area contributed by atoms with E-state index in [1.165, 1.54) is 19.2 Å². The SMILES string of the molecule is COc1ccc(CNC(=O)CN(c2cccc(C)c2C)S(=O)(=O)c2ccc(OC)cc2)cc1. The highest BCUT2D eigenvalue weighted by Gasteiger charge is 2.28. The topological polar surface area (TPSA) is 84.9 Å². The minimum Gasteiger partial charge on any atom is -0.497 e. The van der Waals surface area contributed by atoms with Gasteiger partial charge in [0.1, 0.15) is 18.0 Å². The molecule has 0 spiro atoms. The van der Waals surface area contributed by atoms with Gasteiger partial charge in [0, 0.05) is 6.54 Å². The first kappa shape index (κ1) is 24.1. The molecule has 0 saturated heterocycles. The number of ether oxygens (including phenoxy) is 2. The van der Waals surface area contributed by atoms with Gasteiger partial charge < -0.3 is 14.8 Å². The third-order valence-corrected chi connectivity index (χ3v) is 7.20. The molecule has 0 saturated carbocycles. The first-order valence-corrected chi connectivity index (χ1v) is 11.8. The van der Waals surface area contributed by atoms with E-state index in [9.17, 15) is 13.2 Å². The molecule has 3 aromatic carbocycles. The van der Waals surface area contributed by atoms with E-state index in [0.29, 0.717) is 11.4 Å². The maximum atomic E-state index is 13.6. The summed E-state index contributed by atoms with van der Waals surface area (Å²) in [4.78, 5) is 12.9. The highest BCUT2D eigenvalue weighted by atomic mass is 32.2. The number of aryl methyl sites for hydroxylation is 1. The van der Waals surface area contributed by atoms with E-state index in [0.717, 1.165) is 26.7 Å². The van der Waals surface area contributed by atoms with Gasteiger partial charge in [0.25, 0.3) is 10.0 Å². The average Bonchev–Trinajstić information content (AvgIpc) is 2.83. The van der Waals surface area contributed by atoms with Crippen molar-refractivity contribution in [3.05, 3.63) is 83.4 Å². The molecular weight excluding hydrogens is 440 g/mol. The molecule has 0 fully saturated rings. The van der Waals surface area contributed by atoms with Crippen LogP contribution in [0.3, 0.4) is 0 Å². The third-order valence-electron chi connectivity index (χ3n) is 5.43. The van der Waals surface area contributed by atoms with Gasteiger partial charge in [-0.3, -0.25) is 9.10 Å². The van der Waals surface area contributed by atoms with Gasteiger partial charge in [0.2, 0.25) is 5.91 Å². The molecule has 1 N–H and O–H groups in total. The van der Waals surface area contributed by atoms with Crippen LogP contribution in [0.25, 0.3) is 0 Å². The van der Waals surface area contributed by atoms with E-state index in [4.69, 9.17) is 9.47 Å². The summed E-state index contributed by atoms with van der Waals surface area (Å²) < 4.78 is 38.6. The number of nitrogens with one attached hydrogen (secondary N) is 1. The number of rotatable bonds is 9. The highest BCUT2D eigenvalue weighted by Crippen LogP contribution is 2.29. The van der Waals surface area contributed by atoms with E-state index in [-0.39, 0.29) is 18.0 Å². The predicted octanol–water partition coefficient (Wildman–Crippen LogP) is 3.83. The van der Waals surface area contributed by atoms with Crippen LogP contribution in [0.4, 0.5) is 5.69 Å². The Balaban J connectivity index is 1.88. The number of amides is 1. The smallest absolute Gasteiger partial charge is 0.264 e. The van der Waals surface area contributed by atoms with Crippen molar-refractivity contribution in [2.24, 2.45) is 0 Å². The summed E-state index contributed by atoms with van der Waals surface area (Å²) in [6.45, 7) is 3.66. The fourth-order valence-electron chi connectivity index (χ4n) is 3.31. The zero-order chi connectivity index (χ0) is 24.0. The first-order valence-electron chi connectivity index (χ1n) is 10.4. The lowest BCUT2D eigenvalue weighted by atomic mass is 10.1. The average molecular weight is 469 g/mol. The van der Waals surface area contributed by atoms with Crippen LogP contribution in [0.2, 0.25) is 0 Å². The molecule has 0 aliphatic carbocycles. The fraction of sp³-hybridized carbons (Fsp3) is 0.240. The predicted molar refractivity (Wildman–Crippen MR) is 128 cm³/mol. The Bertz CT molecular complexity index is 1210. The van der Waals surface area contributed by atoms with Gasteiger partial charge in [0.15, 0.2) is 0 Å². The quantitative estimate of drug-likeness (QED) is 0.516. The van der Waals surface area contributed by atoms with Crippen molar-refractivity contribution in [2.75, 3.05) is 25.1 Å². The van der Waals surface area contributed by atoms with E-state index in [1.807, 2.05) is 32.0 Å². The van der Waals surface area contributed by atoms with Gasteiger partial charge in [-0.15, -0.1) is 0 Å². The number of carbonyl (C=O) groups is 1. The summed E-state index contributed by atoms with van der Waals surface area (Å²) in [6, 6.07) is 18.8. The molecule has 33 heavy (non-hydrogen) atoms. The highest BCUT2D eigenvalue weighted by molar-refractivity contribution is 7.92. The fourth-order valence-corrected chi connectivity index (χ4v) is 4.79. The van der Waals surface area contributed by atoms with Crippen molar-refractivity contribution in [1.82, 2.24) is 5.32 Å². The second-order valence-corrected chi connectivity index (χ2v) is 9.39. The minimum atomic E-state index is -4.00. The number of nitrogens with zero attached hydrogens (tertiary/aromatic N) is 1. The van der Waals surface area contributed by atoms with E-state index in [1.54, 1.807) is 43.5 Å². The molecule has 1 amide bonds. The molecular formula is C25H28N2O5S. The molecule has 7 nitrogen and oxygen atoms in total. The molecule has 174 valence electrons. The van der Waals surface area contributed by atoms with Crippen molar-refractivity contribution in [3.8, 4) is 11.5 Å². The lowest BCUT2D eigenvalue weighted by Gasteiger charge is -2.26. The summed E-state index contributed by atoms with van der Waals surface area (Å²) in [5.74, 6) is 0.852. The number of sulfonamides is 1. The number of carbonyl (C=O) groups excluding carboxylic acids is 1. The monoisotopic (exact) mass is 468 g/mol. The van der Waals surface area contributed by atoms with Crippen molar-refractivity contribution in [3.63, 3.8) is 0 Å². The zero-order valence-corrected chi connectivity index (χ0v) is 20.0. The van der Waals surface area contributed by atoms with Gasteiger partial charge in [0.05, 0.1) is 24.8 Å². The Kier molecular flexibility index (Phi) is 7.60. The van der Waals surface area contributed by atoms with Crippen LogP contribution in [0.5, 0.6) is 11.5 Å². The normalized spacial score (nSPS) is 11.0. The Morgan fingerprint density at radius 2 is 1.45 bits per heavy atom. The number of anilines is 1. The molecule has 0 radical (unpaired) electrons. The van der Waals surface area contributed by atoms with E-state index < -0.39 is 15.9 Å². The molecule has 0 aromatic heterocycles. The Labute approximate surface area is 195 Å². The summed E-state index contributed by atoms with van der Waals surface area (Å²) in [5, 5.41) is 2.81. The van der Waals surface area contributed by atoms with Gasteiger partial charge >= 0.3 is 0 Å². The summed E-state index contributed by atoms with van der Waals surface area (Å²) in [7, 11) is -0.907. The van der Waals surface area contributed by atoms with E-state index >= 15 is 0 Å². The number of benzene rings is 3. The second-order valence-electron chi connectivity index (χ2n) is 7.53. The zero-order valence-electron chi connectivity index (χ0n) is 19.2. The first-order chi connectivity index (χ1) is 15.8. The summed E-state index contributed by atoms with van der Waals surface area (Å²) in [5.41, 5.74) is 3.06. The maximum absolute atomic E-state index is 13.6. The molecule has 8 heteroatoms. The molecule has 0 aliphatic heterocycles. The Morgan fingerprint density at radius 3 is 2.03 bits per heavy atom. The van der Waals surface area contributed by atoms with Gasteiger partial charge in [-0.05, 0) is 73.0 Å². The van der Waals surface area contributed by atoms with Crippen molar-refractivity contribution in [2.45, 2.75) is 25.3 Å². The van der Waals surface area contributed by atoms with E-state index in [2.05, 4.69) is 5.32 Å². The molecule has 0 heterocycles. The van der Waals surface area contributed by atoms with Crippen molar-refractivity contribution in [1.29, 1.82) is 0 Å². The largest absolute Gasteiger partial charge is 0.497 e. The Hall–Kier alpha value is -3.52. The summed E-state index contributed by atoms with van der Waals surface area (Å²) in [6.07, 6.45) is 0. The number of methoxy groups -OCH3 is 2. The van der Waals surface area contributed by atoms with Gasteiger partial charge in [-0.1, -0.05) is 24.3 Å². The molecule has 0 aliphatic rings. The number of hydrogen-bond acceptors (Lipinski definition) is 5. The van der Waals surface area contributed by atoms with Crippen molar-refractivity contribution >= 4 is 21.6 Å². The van der Waals surface area contributed by atoms with Crippen LogP contribution in [-0.2, 0) is 21.4 Å². The standard InChI is InChI=1S/C25H28N2O5S/c1-18-6-5-7-24(19(18)2)27(33(29,30)23-14-12-22(32-4)13-15-23)17-25(28)26-16-20-8-10-21(31-3)11-9-20/h5-15H,16-17H2,1-4H3,(H,26,28). The lowest BCUT2D eigenvalue weighted by Crippen LogP contribution is -2.41.